The summed E-state index contributed by atoms with van der Waals surface area (Å²) in [5, 5.41) is 8.76. The highest BCUT2D eigenvalue weighted by molar-refractivity contribution is 5.87. The van der Waals surface area contributed by atoms with Gasteiger partial charge in [-0.15, -0.1) is 0 Å². The van der Waals surface area contributed by atoms with Crippen LogP contribution in [0, 0.1) is 13.8 Å². The first-order valence-electron chi connectivity index (χ1n) is 5.57. The van der Waals surface area contributed by atoms with Gasteiger partial charge in [0.05, 0.1) is 5.56 Å². The predicted molar refractivity (Wildman–Crippen MR) is 65.9 cm³/mol. The van der Waals surface area contributed by atoms with Crippen LogP contribution in [0.2, 0.25) is 0 Å². The third-order valence-corrected chi connectivity index (χ3v) is 2.61. The van der Waals surface area contributed by atoms with E-state index in [0.717, 1.165) is 16.9 Å². The van der Waals surface area contributed by atoms with Crippen molar-refractivity contribution in [2.75, 3.05) is 0 Å². The Morgan fingerprint density at radius 2 is 2.11 bits per heavy atom. The van der Waals surface area contributed by atoms with Crippen LogP contribution in [0.25, 0.3) is 0 Å². The average molecular weight is 246 g/mol. The molecular formula is C14H14O4. The van der Waals surface area contributed by atoms with E-state index in [2.05, 4.69) is 0 Å². The smallest absolute Gasteiger partial charge is 0.338 e. The molecule has 0 saturated heterocycles. The molecule has 2 aromatic rings. The van der Waals surface area contributed by atoms with Crippen molar-refractivity contribution in [3.63, 3.8) is 0 Å². The minimum absolute atomic E-state index is 0.134. The minimum atomic E-state index is -1.00. The molecule has 0 spiro atoms. The highest BCUT2D eigenvalue weighted by atomic mass is 16.5. The zero-order valence-corrected chi connectivity index (χ0v) is 10.3. The molecule has 1 heterocycles. The maximum absolute atomic E-state index is 10.7. The van der Waals surface area contributed by atoms with Crippen LogP contribution in [0.15, 0.2) is 34.9 Å². The number of carboxylic acid groups (broad SMARTS) is 1. The number of hydrogen-bond acceptors (Lipinski definition) is 3. The second-order valence-electron chi connectivity index (χ2n) is 4.16. The van der Waals surface area contributed by atoms with Crippen LogP contribution in [0.5, 0.6) is 5.75 Å². The topological polar surface area (TPSA) is 59.7 Å². The summed E-state index contributed by atoms with van der Waals surface area (Å²) in [5.74, 6) is 0.272. The predicted octanol–water partition coefficient (Wildman–Crippen LogP) is 3.17. The van der Waals surface area contributed by atoms with Crippen LogP contribution in [-0.4, -0.2) is 11.1 Å². The number of rotatable bonds is 4. The van der Waals surface area contributed by atoms with Gasteiger partial charge < -0.3 is 14.3 Å². The molecule has 1 aromatic heterocycles. The lowest BCUT2D eigenvalue weighted by Gasteiger charge is -2.08. The summed E-state index contributed by atoms with van der Waals surface area (Å²) in [4.78, 5) is 10.7. The zero-order chi connectivity index (χ0) is 13.1. The van der Waals surface area contributed by atoms with Gasteiger partial charge in [-0.1, -0.05) is 12.1 Å². The van der Waals surface area contributed by atoms with Crippen molar-refractivity contribution in [1.29, 1.82) is 0 Å². The summed E-state index contributed by atoms with van der Waals surface area (Å²) in [6.45, 7) is 4.17. The quantitative estimate of drug-likeness (QED) is 0.900. The zero-order valence-electron chi connectivity index (χ0n) is 10.3. The lowest BCUT2D eigenvalue weighted by atomic mass is 10.1. The fraction of sp³-hybridized carbons (Fsp3) is 0.214. The summed E-state index contributed by atoms with van der Waals surface area (Å²) >= 11 is 0. The monoisotopic (exact) mass is 246 g/mol. The molecule has 2 rings (SSSR count). The Bertz CT molecular complexity index is 569. The SMILES string of the molecule is Cc1ccc(C)c(OCc2cc(C(=O)O)co2)c1. The van der Waals surface area contributed by atoms with Crippen molar-refractivity contribution in [3.05, 3.63) is 53.0 Å². The third-order valence-electron chi connectivity index (χ3n) is 2.61. The lowest BCUT2D eigenvalue weighted by Crippen LogP contribution is -1.97. The first kappa shape index (κ1) is 12.2. The normalized spacial score (nSPS) is 10.3. The van der Waals surface area contributed by atoms with E-state index in [1.165, 1.54) is 12.3 Å². The van der Waals surface area contributed by atoms with Crippen LogP contribution < -0.4 is 4.74 Å². The fourth-order valence-electron chi connectivity index (χ4n) is 1.58. The van der Waals surface area contributed by atoms with Crippen LogP contribution in [-0.2, 0) is 6.61 Å². The van der Waals surface area contributed by atoms with E-state index in [1.807, 2.05) is 32.0 Å². The summed E-state index contributed by atoms with van der Waals surface area (Å²) in [7, 11) is 0. The summed E-state index contributed by atoms with van der Waals surface area (Å²) in [5.41, 5.74) is 2.28. The number of ether oxygens (including phenoxy) is 1. The third kappa shape index (κ3) is 2.71. The van der Waals surface area contributed by atoms with Crippen molar-refractivity contribution in [2.45, 2.75) is 20.5 Å². The van der Waals surface area contributed by atoms with Crippen LogP contribution in [0.4, 0.5) is 0 Å². The molecule has 0 aliphatic carbocycles. The van der Waals surface area contributed by atoms with E-state index in [-0.39, 0.29) is 12.2 Å². The van der Waals surface area contributed by atoms with E-state index in [1.54, 1.807) is 0 Å². The Morgan fingerprint density at radius 1 is 1.33 bits per heavy atom. The van der Waals surface area contributed by atoms with Gasteiger partial charge in [-0.25, -0.2) is 4.79 Å². The van der Waals surface area contributed by atoms with Gasteiger partial charge in [-0.2, -0.15) is 0 Å². The molecule has 1 N–H and O–H groups in total. The molecule has 0 aliphatic heterocycles. The molecule has 0 atom stereocenters. The molecule has 4 heteroatoms. The maximum Gasteiger partial charge on any atom is 0.338 e. The van der Waals surface area contributed by atoms with Crippen molar-refractivity contribution >= 4 is 5.97 Å². The number of furan rings is 1. The highest BCUT2D eigenvalue weighted by Crippen LogP contribution is 2.20. The Hall–Kier alpha value is -2.23. The second kappa shape index (κ2) is 4.96. The highest BCUT2D eigenvalue weighted by Gasteiger charge is 2.09. The van der Waals surface area contributed by atoms with Crippen molar-refractivity contribution in [1.82, 2.24) is 0 Å². The molecule has 4 nitrogen and oxygen atoms in total. The molecule has 0 bridgehead atoms. The van der Waals surface area contributed by atoms with E-state index in [4.69, 9.17) is 14.3 Å². The molecule has 18 heavy (non-hydrogen) atoms. The lowest BCUT2D eigenvalue weighted by molar-refractivity contribution is 0.0696. The number of carboxylic acids is 1. The Kier molecular flexibility index (Phi) is 3.37. The van der Waals surface area contributed by atoms with Crippen molar-refractivity contribution in [2.24, 2.45) is 0 Å². The van der Waals surface area contributed by atoms with Gasteiger partial charge in [-0.05, 0) is 37.1 Å². The molecule has 0 radical (unpaired) electrons. The Balaban J connectivity index is 2.06. The summed E-state index contributed by atoms with van der Waals surface area (Å²) in [6.07, 6.45) is 1.21. The first-order chi connectivity index (χ1) is 8.56. The molecule has 1 aromatic carbocycles. The van der Waals surface area contributed by atoms with Crippen LogP contribution in [0.3, 0.4) is 0 Å². The van der Waals surface area contributed by atoms with Crippen LogP contribution >= 0.6 is 0 Å². The number of hydrogen-bond donors (Lipinski definition) is 1. The first-order valence-corrected chi connectivity index (χ1v) is 5.57. The Labute approximate surface area is 105 Å². The van der Waals surface area contributed by atoms with Gasteiger partial charge in [0.1, 0.15) is 24.4 Å². The summed E-state index contributed by atoms with van der Waals surface area (Å²) in [6, 6.07) is 7.40. The fourth-order valence-corrected chi connectivity index (χ4v) is 1.58. The van der Waals surface area contributed by atoms with E-state index in [0.29, 0.717) is 5.76 Å². The minimum Gasteiger partial charge on any atom is -0.485 e. The molecular weight excluding hydrogens is 232 g/mol. The molecule has 0 fully saturated rings. The standard InChI is InChI=1S/C14H14O4/c1-9-3-4-10(2)13(5-9)18-8-12-6-11(7-17-12)14(15)16/h3-7H,8H2,1-2H3,(H,15,16). The van der Waals surface area contributed by atoms with Gasteiger partial charge in [0, 0.05) is 0 Å². The number of benzene rings is 1. The molecule has 0 unspecified atom stereocenters. The van der Waals surface area contributed by atoms with Crippen molar-refractivity contribution < 1.29 is 19.1 Å². The molecule has 0 aliphatic rings. The molecule has 0 amide bonds. The van der Waals surface area contributed by atoms with E-state index >= 15 is 0 Å². The van der Waals surface area contributed by atoms with Gasteiger partial charge in [0.25, 0.3) is 0 Å². The number of carbonyl (C=O) groups is 1. The van der Waals surface area contributed by atoms with Gasteiger partial charge >= 0.3 is 5.97 Å². The largest absolute Gasteiger partial charge is 0.485 e. The summed E-state index contributed by atoms with van der Waals surface area (Å²) < 4.78 is 10.7. The van der Waals surface area contributed by atoms with Gasteiger partial charge in [-0.3, -0.25) is 0 Å². The second-order valence-corrected chi connectivity index (χ2v) is 4.16. The van der Waals surface area contributed by atoms with Gasteiger partial charge in [0.15, 0.2) is 0 Å². The maximum atomic E-state index is 10.7. The number of aromatic carboxylic acids is 1. The van der Waals surface area contributed by atoms with Crippen LogP contribution in [0.1, 0.15) is 27.2 Å². The van der Waals surface area contributed by atoms with E-state index < -0.39 is 5.97 Å². The number of aryl methyl sites for hydroxylation is 2. The Morgan fingerprint density at radius 3 is 2.78 bits per heavy atom. The molecule has 0 saturated carbocycles. The van der Waals surface area contributed by atoms with Crippen molar-refractivity contribution in [3.8, 4) is 5.75 Å². The molecule has 94 valence electrons. The van der Waals surface area contributed by atoms with Gasteiger partial charge in [0.2, 0.25) is 0 Å². The van der Waals surface area contributed by atoms with E-state index in [9.17, 15) is 4.79 Å². The average Bonchev–Trinajstić information content (AvgIpc) is 2.79.